The van der Waals surface area contributed by atoms with Gasteiger partial charge in [-0.25, -0.2) is 0 Å². The number of anilines is 6. The number of hydrogen-bond donors (Lipinski definition) is 0. The first-order chi connectivity index (χ1) is 40.4. The van der Waals surface area contributed by atoms with Gasteiger partial charge in [0.1, 0.15) is 11.2 Å². The topological polar surface area (TPSA) is 24.6 Å². The lowest BCUT2D eigenvalue weighted by Gasteiger charge is -2.46. The van der Waals surface area contributed by atoms with Crippen LogP contribution in [0.15, 0.2) is 241 Å². The standard InChI is InChI=1S/C78H66BN3O/c1-8-9-31-59-67(42-43-73-74(59)60-34-21-24-37-72(60)83-73)81-68-41-38-53(50-25-13-10-14-26-50)44-64(68)79-63-40-39-56(80-65-35-22-19-32-57(65)58-33-20-23-36-66(58)80)49-69(63)82(71-48-55(78(5,6)7)47-70(81)75(71)79)76-61(51-27-15-11-16-28-51)45-54(77(2,3)4)46-62(76)52-29-17-12-18-30-52/h10-30,32-49H,8-9,31H2,1-7H3. The lowest BCUT2D eigenvalue weighted by Crippen LogP contribution is -2.61. The second kappa shape index (κ2) is 19.4. The van der Waals surface area contributed by atoms with Gasteiger partial charge in [0.2, 0.25) is 0 Å². The molecule has 5 heteroatoms. The van der Waals surface area contributed by atoms with E-state index in [1.807, 2.05) is 0 Å². The summed E-state index contributed by atoms with van der Waals surface area (Å²) < 4.78 is 9.22. The predicted octanol–water partition coefficient (Wildman–Crippen LogP) is 19.7. The van der Waals surface area contributed by atoms with Gasteiger partial charge in [-0.05, 0) is 152 Å². The molecule has 4 nitrogen and oxygen atoms in total. The van der Waals surface area contributed by atoms with Crippen molar-refractivity contribution in [1.82, 2.24) is 4.57 Å². The zero-order valence-corrected chi connectivity index (χ0v) is 48.5. The third-order valence-electron chi connectivity index (χ3n) is 17.9. The zero-order valence-electron chi connectivity index (χ0n) is 48.5. The first-order valence-corrected chi connectivity index (χ1v) is 29.8. The van der Waals surface area contributed by atoms with Crippen LogP contribution in [0.1, 0.15) is 78.0 Å². The molecule has 0 fully saturated rings. The van der Waals surface area contributed by atoms with Gasteiger partial charge >= 0.3 is 0 Å². The Morgan fingerprint density at radius 1 is 0.410 bits per heavy atom. The molecule has 402 valence electrons. The van der Waals surface area contributed by atoms with E-state index in [2.05, 4.69) is 299 Å². The summed E-state index contributed by atoms with van der Waals surface area (Å²) in [6.07, 6.45) is 3.03. The zero-order chi connectivity index (χ0) is 56.3. The maximum Gasteiger partial charge on any atom is 0.252 e. The number of aryl methyl sites for hydroxylation is 1. The van der Waals surface area contributed by atoms with Crippen molar-refractivity contribution in [3.63, 3.8) is 0 Å². The minimum absolute atomic E-state index is 0.144. The van der Waals surface area contributed by atoms with Crippen molar-refractivity contribution in [2.75, 3.05) is 9.80 Å². The molecule has 2 aliphatic rings. The van der Waals surface area contributed by atoms with Crippen LogP contribution in [-0.2, 0) is 17.3 Å². The van der Waals surface area contributed by atoms with Gasteiger partial charge in [0.15, 0.2) is 0 Å². The van der Waals surface area contributed by atoms with Gasteiger partial charge < -0.3 is 18.8 Å². The van der Waals surface area contributed by atoms with Crippen LogP contribution in [0.2, 0.25) is 0 Å². The molecule has 0 saturated heterocycles. The summed E-state index contributed by atoms with van der Waals surface area (Å²) in [4.78, 5) is 5.37. The first-order valence-electron chi connectivity index (χ1n) is 29.8. The summed E-state index contributed by atoms with van der Waals surface area (Å²) in [6.45, 7) is 16.4. The molecule has 0 bridgehead atoms. The van der Waals surface area contributed by atoms with Gasteiger partial charge in [-0.3, -0.25) is 0 Å². The molecule has 2 aromatic heterocycles. The highest BCUT2D eigenvalue weighted by Crippen LogP contribution is 2.54. The quantitative estimate of drug-likeness (QED) is 0.135. The van der Waals surface area contributed by atoms with Gasteiger partial charge in [-0.2, -0.15) is 0 Å². The van der Waals surface area contributed by atoms with E-state index in [1.165, 1.54) is 116 Å². The molecule has 0 amide bonds. The molecule has 0 spiro atoms. The smallest absolute Gasteiger partial charge is 0.252 e. The number of para-hydroxylation sites is 3. The maximum atomic E-state index is 6.73. The third kappa shape index (κ3) is 8.18. The average Bonchev–Trinajstić information content (AvgIpc) is 2.06. The fraction of sp³-hybridized carbons (Fsp3) is 0.154. The van der Waals surface area contributed by atoms with Crippen molar-refractivity contribution in [2.45, 2.75) is 78.6 Å². The molecule has 15 rings (SSSR count). The molecule has 0 saturated carbocycles. The van der Waals surface area contributed by atoms with Crippen molar-refractivity contribution in [1.29, 1.82) is 0 Å². The molecule has 83 heavy (non-hydrogen) atoms. The summed E-state index contributed by atoms with van der Waals surface area (Å²) >= 11 is 0. The number of hydrogen-bond acceptors (Lipinski definition) is 3. The minimum atomic E-state index is -0.239. The van der Waals surface area contributed by atoms with Gasteiger partial charge in [0.25, 0.3) is 6.71 Å². The predicted molar refractivity (Wildman–Crippen MR) is 354 cm³/mol. The maximum absolute atomic E-state index is 6.73. The molecular formula is C78H66BN3O. The highest BCUT2D eigenvalue weighted by molar-refractivity contribution is 7.00. The van der Waals surface area contributed by atoms with Gasteiger partial charge in [0, 0.05) is 61.1 Å². The van der Waals surface area contributed by atoms with Crippen molar-refractivity contribution in [3.05, 3.63) is 253 Å². The highest BCUT2D eigenvalue weighted by Gasteiger charge is 2.46. The number of fused-ring (bicyclic) bond motifs is 10. The molecule has 0 atom stereocenters. The summed E-state index contributed by atoms with van der Waals surface area (Å²) in [5.41, 5.74) is 26.9. The Hall–Kier alpha value is -9.32. The Morgan fingerprint density at radius 2 is 0.952 bits per heavy atom. The van der Waals surface area contributed by atoms with E-state index in [-0.39, 0.29) is 17.5 Å². The van der Waals surface area contributed by atoms with Crippen LogP contribution in [0.5, 0.6) is 0 Å². The molecule has 11 aromatic carbocycles. The average molecular weight is 1070 g/mol. The molecule has 13 aromatic rings. The van der Waals surface area contributed by atoms with Gasteiger partial charge in [-0.15, -0.1) is 0 Å². The van der Waals surface area contributed by atoms with Crippen LogP contribution < -0.4 is 26.2 Å². The largest absolute Gasteiger partial charge is 0.456 e. The highest BCUT2D eigenvalue weighted by atomic mass is 16.3. The number of aromatic nitrogens is 1. The van der Waals surface area contributed by atoms with Crippen LogP contribution in [0, 0.1) is 0 Å². The molecule has 0 radical (unpaired) electrons. The first kappa shape index (κ1) is 50.6. The normalized spacial score (nSPS) is 13.1. The number of nitrogens with zero attached hydrogens (tertiary/aromatic N) is 3. The monoisotopic (exact) mass is 1070 g/mol. The van der Waals surface area contributed by atoms with Gasteiger partial charge in [0.05, 0.1) is 22.4 Å². The van der Waals surface area contributed by atoms with E-state index in [9.17, 15) is 0 Å². The van der Waals surface area contributed by atoms with Crippen molar-refractivity contribution < 1.29 is 4.42 Å². The molecule has 4 heterocycles. The fourth-order valence-electron chi connectivity index (χ4n) is 13.7. The second-order valence-electron chi connectivity index (χ2n) is 25.1. The lowest BCUT2D eigenvalue weighted by atomic mass is 9.33. The molecule has 0 aliphatic carbocycles. The SMILES string of the molecule is CCCCc1c(N2c3ccc(-c4ccccc4)cc3B3c4ccc(-n5c6ccccc6c6ccccc65)cc4N(c4c(-c5ccccc5)cc(C(C)(C)C)cc4-c4ccccc4)c4cc(C(C)(C)C)cc2c43)ccc2oc3ccccc3c12. The number of benzene rings is 11. The van der Waals surface area contributed by atoms with Crippen LogP contribution in [-0.4, -0.2) is 11.3 Å². The summed E-state index contributed by atoms with van der Waals surface area (Å²) in [5, 5.41) is 4.86. The Morgan fingerprint density at radius 3 is 1.57 bits per heavy atom. The Bertz CT molecular complexity index is 4580. The third-order valence-corrected chi connectivity index (χ3v) is 17.9. The Labute approximate surface area is 488 Å². The number of furan rings is 1. The van der Waals surface area contributed by atoms with Crippen LogP contribution >= 0.6 is 0 Å². The van der Waals surface area contributed by atoms with Crippen LogP contribution in [0.3, 0.4) is 0 Å². The van der Waals surface area contributed by atoms with E-state index in [1.54, 1.807) is 0 Å². The van der Waals surface area contributed by atoms with Crippen molar-refractivity contribution in [2.24, 2.45) is 0 Å². The van der Waals surface area contributed by atoms with Gasteiger partial charge in [-0.1, -0.05) is 219 Å². The summed E-state index contributed by atoms with van der Waals surface area (Å²) in [5.74, 6) is 0. The summed E-state index contributed by atoms with van der Waals surface area (Å²) in [7, 11) is 0. The Kier molecular flexibility index (Phi) is 11.8. The summed E-state index contributed by atoms with van der Waals surface area (Å²) in [6, 6.07) is 89.1. The van der Waals surface area contributed by atoms with E-state index in [0.29, 0.717) is 0 Å². The number of rotatable bonds is 9. The van der Waals surface area contributed by atoms with Crippen LogP contribution in [0.25, 0.3) is 82.8 Å². The van der Waals surface area contributed by atoms with E-state index >= 15 is 0 Å². The molecule has 0 N–H and O–H groups in total. The second-order valence-corrected chi connectivity index (χ2v) is 25.1. The van der Waals surface area contributed by atoms with E-state index < -0.39 is 0 Å². The van der Waals surface area contributed by atoms with Crippen LogP contribution in [0.4, 0.5) is 34.1 Å². The molecular weight excluding hydrogens is 1010 g/mol. The van der Waals surface area contributed by atoms with Crippen molar-refractivity contribution in [3.8, 4) is 39.1 Å². The fourth-order valence-corrected chi connectivity index (χ4v) is 13.7. The molecule has 2 aliphatic heterocycles. The Balaban J connectivity index is 1.13. The lowest BCUT2D eigenvalue weighted by molar-refractivity contribution is 0.590. The molecule has 0 unspecified atom stereocenters. The van der Waals surface area contributed by atoms with E-state index in [0.717, 1.165) is 52.9 Å². The minimum Gasteiger partial charge on any atom is -0.456 e. The van der Waals surface area contributed by atoms with E-state index in [4.69, 9.17) is 4.42 Å². The van der Waals surface area contributed by atoms with Crippen molar-refractivity contribution >= 4 is 101 Å². The number of unbranched alkanes of at least 4 members (excludes halogenated alkanes) is 1.